The number of aromatic amines is 1. The second kappa shape index (κ2) is 9.61. The van der Waals surface area contributed by atoms with Crippen molar-refractivity contribution in [1.29, 1.82) is 0 Å². The van der Waals surface area contributed by atoms with Gasteiger partial charge in [0.15, 0.2) is 0 Å². The number of benzene rings is 1. The molecule has 158 valence electrons. The standard InChI is InChI=1S/C22H32N4O3/c1-27-19-5-6-20(21(12-19)28-2)22-18(13-23-24-22)16-26-7-3-4-17(15-26)14-25-8-10-29-11-9-25/h5-6,12-13,17H,3-4,7-11,14-16H2,1-2H3,(H,23,24). The van der Waals surface area contributed by atoms with Gasteiger partial charge in [0.2, 0.25) is 0 Å². The number of hydrogen-bond donors (Lipinski definition) is 1. The van der Waals surface area contributed by atoms with E-state index in [1.807, 2.05) is 24.4 Å². The van der Waals surface area contributed by atoms with Gasteiger partial charge in [0.1, 0.15) is 11.5 Å². The Hall–Kier alpha value is -2.09. The number of nitrogens with zero attached hydrogens (tertiary/aromatic N) is 3. The lowest BCUT2D eigenvalue weighted by Crippen LogP contribution is -2.44. The van der Waals surface area contributed by atoms with Crippen LogP contribution in [0.5, 0.6) is 11.5 Å². The van der Waals surface area contributed by atoms with Crippen molar-refractivity contribution < 1.29 is 14.2 Å². The third-order valence-corrected chi connectivity index (χ3v) is 6.01. The molecule has 2 aliphatic heterocycles. The van der Waals surface area contributed by atoms with E-state index in [9.17, 15) is 0 Å². The van der Waals surface area contributed by atoms with Crippen molar-refractivity contribution in [3.8, 4) is 22.8 Å². The number of rotatable bonds is 7. The number of H-pyrrole nitrogens is 1. The van der Waals surface area contributed by atoms with E-state index < -0.39 is 0 Å². The molecule has 1 N–H and O–H groups in total. The highest BCUT2D eigenvalue weighted by Gasteiger charge is 2.24. The number of ether oxygens (including phenoxy) is 3. The van der Waals surface area contributed by atoms with Crippen molar-refractivity contribution in [2.24, 2.45) is 5.92 Å². The number of methoxy groups -OCH3 is 2. The summed E-state index contributed by atoms with van der Waals surface area (Å²) in [4.78, 5) is 5.13. The molecule has 1 atom stereocenters. The van der Waals surface area contributed by atoms with Crippen LogP contribution in [0.1, 0.15) is 18.4 Å². The fourth-order valence-electron chi connectivity index (χ4n) is 4.50. The maximum Gasteiger partial charge on any atom is 0.131 e. The summed E-state index contributed by atoms with van der Waals surface area (Å²) in [5.41, 5.74) is 3.25. The molecule has 29 heavy (non-hydrogen) atoms. The number of nitrogens with one attached hydrogen (secondary N) is 1. The minimum Gasteiger partial charge on any atom is -0.497 e. The molecule has 0 bridgehead atoms. The van der Waals surface area contributed by atoms with E-state index in [0.29, 0.717) is 0 Å². The average molecular weight is 401 g/mol. The minimum absolute atomic E-state index is 0.729. The summed E-state index contributed by atoms with van der Waals surface area (Å²) < 4.78 is 16.4. The van der Waals surface area contributed by atoms with Crippen LogP contribution in [0.15, 0.2) is 24.4 Å². The van der Waals surface area contributed by atoms with Crippen LogP contribution in [0.25, 0.3) is 11.3 Å². The summed E-state index contributed by atoms with van der Waals surface area (Å²) in [6.45, 7) is 8.26. The van der Waals surface area contributed by atoms with Crippen molar-refractivity contribution in [2.45, 2.75) is 19.4 Å². The van der Waals surface area contributed by atoms with E-state index in [-0.39, 0.29) is 0 Å². The van der Waals surface area contributed by atoms with Gasteiger partial charge in [-0.05, 0) is 37.4 Å². The first kappa shape index (κ1) is 20.2. The van der Waals surface area contributed by atoms with Crippen molar-refractivity contribution in [2.75, 3.05) is 60.2 Å². The molecule has 0 saturated carbocycles. The van der Waals surface area contributed by atoms with Gasteiger partial charge in [-0.15, -0.1) is 0 Å². The Kier molecular flexibility index (Phi) is 6.69. The Morgan fingerprint density at radius 2 is 2.00 bits per heavy atom. The van der Waals surface area contributed by atoms with Crippen LogP contribution >= 0.6 is 0 Å². The van der Waals surface area contributed by atoms with Gasteiger partial charge in [-0.25, -0.2) is 0 Å². The summed E-state index contributed by atoms with van der Waals surface area (Å²) in [7, 11) is 3.36. The van der Waals surface area contributed by atoms with E-state index in [1.54, 1.807) is 14.2 Å². The molecule has 2 fully saturated rings. The average Bonchev–Trinajstić information content (AvgIpc) is 3.22. The van der Waals surface area contributed by atoms with E-state index in [4.69, 9.17) is 14.2 Å². The van der Waals surface area contributed by atoms with Crippen LogP contribution in [-0.4, -0.2) is 80.2 Å². The maximum absolute atomic E-state index is 5.60. The second-order valence-electron chi connectivity index (χ2n) is 7.99. The van der Waals surface area contributed by atoms with Crippen LogP contribution in [0.3, 0.4) is 0 Å². The first-order valence-electron chi connectivity index (χ1n) is 10.5. The van der Waals surface area contributed by atoms with Gasteiger partial charge < -0.3 is 14.2 Å². The van der Waals surface area contributed by atoms with Gasteiger partial charge in [0.25, 0.3) is 0 Å². The molecule has 2 aromatic rings. The molecule has 3 heterocycles. The van der Waals surface area contributed by atoms with Crippen molar-refractivity contribution in [3.05, 3.63) is 30.0 Å². The largest absolute Gasteiger partial charge is 0.497 e. The SMILES string of the molecule is COc1ccc(-c2[nH]ncc2CN2CCCC(CN3CCOCC3)C2)c(OC)c1. The lowest BCUT2D eigenvalue weighted by atomic mass is 9.96. The fraction of sp³-hybridized carbons (Fsp3) is 0.591. The number of hydrogen-bond acceptors (Lipinski definition) is 6. The molecular weight excluding hydrogens is 368 g/mol. The highest BCUT2D eigenvalue weighted by Crippen LogP contribution is 2.34. The van der Waals surface area contributed by atoms with Crippen molar-refractivity contribution in [1.82, 2.24) is 20.0 Å². The quantitative estimate of drug-likeness (QED) is 0.771. The van der Waals surface area contributed by atoms with E-state index in [1.165, 1.54) is 24.9 Å². The van der Waals surface area contributed by atoms with Gasteiger partial charge in [-0.3, -0.25) is 14.9 Å². The minimum atomic E-state index is 0.729. The van der Waals surface area contributed by atoms with Gasteiger partial charge in [0, 0.05) is 49.9 Å². The van der Waals surface area contributed by atoms with Gasteiger partial charge in [-0.1, -0.05) is 0 Å². The van der Waals surface area contributed by atoms with E-state index in [0.717, 1.165) is 74.6 Å². The van der Waals surface area contributed by atoms with Gasteiger partial charge in [-0.2, -0.15) is 5.10 Å². The predicted molar refractivity (Wildman–Crippen MR) is 112 cm³/mol. The van der Waals surface area contributed by atoms with E-state index in [2.05, 4.69) is 20.0 Å². The Morgan fingerprint density at radius 3 is 2.79 bits per heavy atom. The zero-order chi connectivity index (χ0) is 20.1. The zero-order valence-corrected chi connectivity index (χ0v) is 17.5. The molecule has 1 aromatic carbocycles. The van der Waals surface area contributed by atoms with Crippen LogP contribution in [0.4, 0.5) is 0 Å². The summed E-state index contributed by atoms with van der Waals surface area (Å²) in [5, 5.41) is 7.52. The number of morpholine rings is 1. The predicted octanol–water partition coefficient (Wildman–Crippen LogP) is 2.64. The smallest absolute Gasteiger partial charge is 0.131 e. The second-order valence-corrected chi connectivity index (χ2v) is 7.99. The van der Waals surface area contributed by atoms with Crippen LogP contribution in [0.2, 0.25) is 0 Å². The summed E-state index contributed by atoms with van der Waals surface area (Å²) in [6.07, 6.45) is 4.52. The topological polar surface area (TPSA) is 62.9 Å². The van der Waals surface area contributed by atoms with Gasteiger partial charge in [0.05, 0.1) is 39.3 Å². The highest BCUT2D eigenvalue weighted by molar-refractivity contribution is 5.71. The summed E-state index contributed by atoms with van der Waals surface area (Å²) in [6, 6.07) is 5.91. The fourth-order valence-corrected chi connectivity index (χ4v) is 4.50. The molecule has 0 aliphatic carbocycles. The maximum atomic E-state index is 5.60. The molecule has 0 radical (unpaired) electrons. The zero-order valence-electron chi connectivity index (χ0n) is 17.5. The van der Waals surface area contributed by atoms with Crippen LogP contribution in [0, 0.1) is 5.92 Å². The molecule has 1 aromatic heterocycles. The Labute approximate surface area is 172 Å². The van der Waals surface area contributed by atoms with Crippen molar-refractivity contribution >= 4 is 0 Å². The highest BCUT2D eigenvalue weighted by atomic mass is 16.5. The Balaban J connectivity index is 1.43. The number of likely N-dealkylation sites (tertiary alicyclic amines) is 1. The molecular formula is C22H32N4O3. The first-order chi connectivity index (χ1) is 14.3. The number of aromatic nitrogens is 2. The van der Waals surface area contributed by atoms with Crippen molar-refractivity contribution in [3.63, 3.8) is 0 Å². The summed E-state index contributed by atoms with van der Waals surface area (Å²) in [5.74, 6) is 2.31. The van der Waals surface area contributed by atoms with Crippen LogP contribution < -0.4 is 9.47 Å². The van der Waals surface area contributed by atoms with E-state index >= 15 is 0 Å². The Morgan fingerprint density at radius 1 is 1.14 bits per heavy atom. The molecule has 2 aliphatic rings. The lowest BCUT2D eigenvalue weighted by molar-refractivity contribution is 0.0224. The molecule has 0 amide bonds. The molecule has 1 unspecified atom stereocenters. The monoisotopic (exact) mass is 400 g/mol. The molecule has 0 spiro atoms. The molecule has 7 nitrogen and oxygen atoms in total. The molecule has 2 saturated heterocycles. The molecule has 4 rings (SSSR count). The lowest BCUT2D eigenvalue weighted by Gasteiger charge is -2.36. The third-order valence-electron chi connectivity index (χ3n) is 6.01. The van der Waals surface area contributed by atoms with Crippen LogP contribution in [-0.2, 0) is 11.3 Å². The first-order valence-corrected chi connectivity index (χ1v) is 10.5. The molecule has 7 heteroatoms. The van der Waals surface area contributed by atoms with Gasteiger partial charge >= 0.3 is 0 Å². The third kappa shape index (κ3) is 4.91. The normalized spacial score (nSPS) is 21.2. The number of piperidine rings is 1. The Bertz CT molecular complexity index is 788. The summed E-state index contributed by atoms with van der Waals surface area (Å²) >= 11 is 0.